The molecule has 2 heterocycles. The number of aromatic nitrogens is 1. The molecule has 1 aliphatic heterocycles. The first-order valence-electron chi connectivity index (χ1n) is 6.46. The maximum Gasteiger partial charge on any atom is 0.336 e. The molecule has 0 fully saturated rings. The average molecular weight is 303 g/mol. The van der Waals surface area contributed by atoms with E-state index < -0.39 is 5.97 Å². The number of carboxylic acid groups (broad SMARTS) is 1. The Kier molecular flexibility index (Phi) is 3.34. The molecule has 21 heavy (non-hydrogen) atoms. The quantitative estimate of drug-likeness (QED) is 0.884. The van der Waals surface area contributed by atoms with E-state index in [0.717, 1.165) is 6.42 Å². The molecule has 1 aliphatic rings. The van der Waals surface area contributed by atoms with E-state index in [1.165, 1.54) is 11.3 Å². The third kappa shape index (κ3) is 2.36. The second-order valence-corrected chi connectivity index (χ2v) is 5.63. The lowest BCUT2D eigenvalue weighted by molar-refractivity contribution is 0.0695. The SMILES string of the molecule is Nc1nc(C(=O)N2CCCc3c(C(=O)O)cccc32)cs1. The number of fused-ring (bicyclic) bond motifs is 1. The van der Waals surface area contributed by atoms with Crippen molar-refractivity contribution in [3.8, 4) is 0 Å². The van der Waals surface area contributed by atoms with Crippen LogP contribution in [0.5, 0.6) is 0 Å². The molecule has 3 N–H and O–H groups in total. The van der Waals surface area contributed by atoms with E-state index >= 15 is 0 Å². The van der Waals surface area contributed by atoms with Gasteiger partial charge >= 0.3 is 5.97 Å². The molecule has 0 unspecified atom stereocenters. The lowest BCUT2D eigenvalue weighted by atomic mass is 9.96. The molecule has 0 saturated heterocycles. The second kappa shape index (κ2) is 5.17. The van der Waals surface area contributed by atoms with Gasteiger partial charge in [-0.1, -0.05) is 6.07 Å². The van der Waals surface area contributed by atoms with Crippen LogP contribution in [0.25, 0.3) is 0 Å². The molecular weight excluding hydrogens is 290 g/mol. The van der Waals surface area contributed by atoms with Crippen molar-refractivity contribution in [2.24, 2.45) is 0 Å². The fraction of sp³-hybridized carbons (Fsp3) is 0.214. The Morgan fingerprint density at radius 2 is 2.19 bits per heavy atom. The Bertz CT molecular complexity index is 726. The molecule has 0 spiro atoms. The summed E-state index contributed by atoms with van der Waals surface area (Å²) in [6.07, 6.45) is 1.38. The number of hydrogen-bond donors (Lipinski definition) is 2. The zero-order valence-corrected chi connectivity index (χ0v) is 11.9. The molecule has 0 aliphatic carbocycles. The number of nitrogen functional groups attached to an aromatic ring is 1. The molecule has 1 aromatic carbocycles. The summed E-state index contributed by atoms with van der Waals surface area (Å²) in [5.41, 5.74) is 7.47. The van der Waals surface area contributed by atoms with Crippen LogP contribution in [0, 0.1) is 0 Å². The lowest BCUT2D eigenvalue weighted by Gasteiger charge is -2.29. The smallest absolute Gasteiger partial charge is 0.336 e. The van der Waals surface area contributed by atoms with Gasteiger partial charge in [0.15, 0.2) is 5.13 Å². The first kappa shape index (κ1) is 13.6. The fourth-order valence-corrected chi connectivity index (χ4v) is 3.10. The standard InChI is InChI=1S/C14H13N3O3S/c15-14-16-10(7-21-14)12(18)17-6-2-4-8-9(13(19)20)3-1-5-11(8)17/h1,3,5,7H,2,4,6H2,(H2,15,16)(H,19,20). The molecule has 0 bridgehead atoms. The molecule has 6 nitrogen and oxygen atoms in total. The summed E-state index contributed by atoms with van der Waals surface area (Å²) in [7, 11) is 0. The first-order valence-corrected chi connectivity index (χ1v) is 7.34. The Balaban J connectivity index is 2.03. The summed E-state index contributed by atoms with van der Waals surface area (Å²) in [6, 6.07) is 4.99. The summed E-state index contributed by atoms with van der Waals surface area (Å²) >= 11 is 1.21. The van der Waals surface area contributed by atoms with Gasteiger partial charge in [-0.25, -0.2) is 9.78 Å². The van der Waals surface area contributed by atoms with Crippen LogP contribution in [0.15, 0.2) is 23.6 Å². The molecule has 1 amide bonds. The van der Waals surface area contributed by atoms with Crippen LogP contribution in [0.2, 0.25) is 0 Å². The van der Waals surface area contributed by atoms with Crippen molar-refractivity contribution < 1.29 is 14.7 Å². The number of hydrogen-bond acceptors (Lipinski definition) is 5. The molecule has 0 saturated carbocycles. The number of aromatic carboxylic acids is 1. The van der Waals surface area contributed by atoms with Crippen molar-refractivity contribution in [2.75, 3.05) is 17.2 Å². The predicted octanol–water partition coefficient (Wildman–Crippen LogP) is 2.02. The van der Waals surface area contributed by atoms with E-state index in [9.17, 15) is 14.7 Å². The molecule has 108 valence electrons. The highest BCUT2D eigenvalue weighted by Gasteiger charge is 2.27. The molecular formula is C14H13N3O3S. The summed E-state index contributed by atoms with van der Waals surface area (Å²) in [4.78, 5) is 29.4. The van der Waals surface area contributed by atoms with Gasteiger partial charge in [-0.15, -0.1) is 11.3 Å². The minimum absolute atomic E-state index is 0.244. The fourth-order valence-electron chi connectivity index (χ4n) is 2.56. The number of nitrogens with zero attached hydrogens (tertiary/aromatic N) is 2. The van der Waals surface area contributed by atoms with E-state index in [0.29, 0.717) is 35.0 Å². The summed E-state index contributed by atoms with van der Waals surface area (Å²) in [6.45, 7) is 0.548. The third-order valence-electron chi connectivity index (χ3n) is 3.47. The van der Waals surface area contributed by atoms with Gasteiger partial charge < -0.3 is 15.7 Å². The van der Waals surface area contributed by atoms with Gasteiger partial charge in [-0.2, -0.15) is 0 Å². The second-order valence-electron chi connectivity index (χ2n) is 4.74. The van der Waals surface area contributed by atoms with Gasteiger partial charge in [0.1, 0.15) is 5.69 Å². The van der Waals surface area contributed by atoms with E-state index in [1.54, 1.807) is 28.5 Å². The largest absolute Gasteiger partial charge is 0.478 e. The monoisotopic (exact) mass is 303 g/mol. The zero-order chi connectivity index (χ0) is 15.0. The highest BCUT2D eigenvalue weighted by atomic mass is 32.1. The van der Waals surface area contributed by atoms with Crippen molar-refractivity contribution in [2.45, 2.75) is 12.8 Å². The van der Waals surface area contributed by atoms with Gasteiger partial charge in [0.2, 0.25) is 0 Å². The normalized spacial score (nSPS) is 13.8. The first-order chi connectivity index (χ1) is 10.1. The topological polar surface area (TPSA) is 96.5 Å². The van der Waals surface area contributed by atoms with E-state index in [1.807, 2.05) is 0 Å². The van der Waals surface area contributed by atoms with E-state index in [-0.39, 0.29) is 11.5 Å². The van der Waals surface area contributed by atoms with E-state index in [4.69, 9.17) is 5.73 Å². The number of carbonyl (C=O) groups excluding carboxylic acids is 1. The van der Waals surface area contributed by atoms with Gasteiger partial charge in [0.25, 0.3) is 5.91 Å². The number of anilines is 2. The number of benzene rings is 1. The van der Waals surface area contributed by atoms with Gasteiger partial charge in [0.05, 0.1) is 5.56 Å². The maximum absolute atomic E-state index is 12.5. The predicted molar refractivity (Wildman–Crippen MR) is 79.9 cm³/mol. The number of amides is 1. The Morgan fingerprint density at radius 1 is 1.38 bits per heavy atom. The number of carboxylic acids is 1. The van der Waals surface area contributed by atoms with Crippen molar-refractivity contribution >= 4 is 34.0 Å². The Hall–Kier alpha value is -2.41. The molecule has 3 rings (SSSR count). The van der Waals surface area contributed by atoms with Crippen LogP contribution in [0.1, 0.15) is 32.8 Å². The summed E-state index contributed by atoms with van der Waals surface area (Å²) in [5, 5.41) is 11.2. The van der Waals surface area contributed by atoms with Gasteiger partial charge in [-0.3, -0.25) is 4.79 Å². The van der Waals surface area contributed by atoms with Gasteiger partial charge in [-0.05, 0) is 30.5 Å². The summed E-state index contributed by atoms with van der Waals surface area (Å²) < 4.78 is 0. The Labute approximate surface area is 124 Å². The van der Waals surface area contributed by atoms with Crippen molar-refractivity contribution in [3.05, 3.63) is 40.4 Å². The van der Waals surface area contributed by atoms with Crippen molar-refractivity contribution in [1.82, 2.24) is 4.98 Å². The number of thiazole rings is 1. The Morgan fingerprint density at radius 3 is 2.86 bits per heavy atom. The van der Waals surface area contributed by atoms with E-state index in [2.05, 4.69) is 4.98 Å². The van der Waals surface area contributed by atoms with Crippen molar-refractivity contribution in [1.29, 1.82) is 0 Å². The molecule has 2 aromatic rings. The highest BCUT2D eigenvalue weighted by Crippen LogP contribution is 2.31. The molecule has 0 atom stereocenters. The number of rotatable bonds is 2. The minimum atomic E-state index is -0.973. The van der Waals surface area contributed by atoms with Crippen LogP contribution in [-0.2, 0) is 6.42 Å². The number of carbonyl (C=O) groups is 2. The van der Waals surface area contributed by atoms with Crippen molar-refractivity contribution in [3.63, 3.8) is 0 Å². The summed E-state index contributed by atoms with van der Waals surface area (Å²) in [5.74, 6) is -1.22. The average Bonchev–Trinajstić information content (AvgIpc) is 2.91. The highest BCUT2D eigenvalue weighted by molar-refractivity contribution is 7.13. The minimum Gasteiger partial charge on any atom is -0.478 e. The van der Waals surface area contributed by atoms with Gasteiger partial charge in [0, 0.05) is 17.6 Å². The molecule has 7 heteroatoms. The number of nitrogens with two attached hydrogens (primary N) is 1. The molecule has 0 radical (unpaired) electrons. The van der Waals surface area contributed by atoms with Crippen LogP contribution in [-0.4, -0.2) is 28.5 Å². The van der Waals surface area contributed by atoms with Crippen LogP contribution in [0.4, 0.5) is 10.8 Å². The molecule has 1 aromatic heterocycles. The third-order valence-corrected chi connectivity index (χ3v) is 4.14. The lowest BCUT2D eigenvalue weighted by Crippen LogP contribution is -2.36. The van der Waals surface area contributed by atoms with Crippen LogP contribution < -0.4 is 10.6 Å². The zero-order valence-electron chi connectivity index (χ0n) is 11.1. The maximum atomic E-state index is 12.5. The van der Waals surface area contributed by atoms with Crippen LogP contribution >= 0.6 is 11.3 Å². The van der Waals surface area contributed by atoms with Crippen LogP contribution in [0.3, 0.4) is 0 Å².